The summed E-state index contributed by atoms with van der Waals surface area (Å²) in [6.07, 6.45) is 2.34. The number of cyclic esters (lactones) is 1. The average Bonchev–Trinajstić information content (AvgIpc) is 3.98. The van der Waals surface area contributed by atoms with E-state index in [2.05, 4.69) is 96.1 Å². The summed E-state index contributed by atoms with van der Waals surface area (Å²) >= 11 is 6.44. The number of carbonyl (C=O) groups excluding carboxylic acids is 2. The number of fused-ring (bicyclic) bond motifs is 5. The van der Waals surface area contributed by atoms with E-state index < -0.39 is 53.9 Å². The van der Waals surface area contributed by atoms with Gasteiger partial charge >= 0.3 is 5.97 Å². The first-order valence-corrected chi connectivity index (χ1v) is 31.5. The molecule has 0 spiro atoms. The van der Waals surface area contributed by atoms with Gasteiger partial charge in [-0.25, -0.2) is 8.78 Å². The number of hydrogen-bond donors (Lipinski definition) is 5. The Morgan fingerprint density at radius 1 is 0.865 bits per heavy atom. The molecular formula is C55H87AlBr2F2N4O10. The standard InChI is InChI=1S/C25H36BrFN2O5.C15H17BrFNO5.C10H19N.C2H6.3CH3.Al/c1-12-17-7-15(25(17,3)4)8-19(12)28-24(32)22-21(13(2)31)20(11-30)34-29(22)10-14-6-16(27)9-18(26)23(14)33-5;1-7-12-11(6-19)23-18(13(12)15(20)22-7)5-8-3-9(17)4-10(16)14(8)21-2;1-6-8-4-7(5-9(6)11)10(8,2)3;1-2;;;;/h6,9,12-13,15,17,19-22,30-31H,7-8,10-11H2,1-5H3,(H,28,32);3-4,7,11-13,19H,5-6H2,1-2H3;6-9H,4-5,11H2,1-3H3;1-2H3;3*1H3;/t12-,13-,15+,17-,19?,20-,21+,22-;7-,11-,12+,13-;6-,7+,8-,9-;;;;;/m000...../s1/i;;;1D;;;;. The van der Waals surface area contributed by atoms with Crippen molar-refractivity contribution >= 4 is 57.9 Å². The van der Waals surface area contributed by atoms with Gasteiger partial charge in [0.1, 0.15) is 53.5 Å². The van der Waals surface area contributed by atoms with Crippen LogP contribution in [0.1, 0.15) is 107 Å². The lowest BCUT2D eigenvalue weighted by Gasteiger charge is -2.62. The lowest BCUT2D eigenvalue weighted by Crippen LogP contribution is -2.62. The van der Waals surface area contributed by atoms with Crippen molar-refractivity contribution in [1.29, 1.82) is 0 Å². The summed E-state index contributed by atoms with van der Waals surface area (Å²) in [6.45, 7) is 19.3. The molecule has 2 aromatic rings. The number of methoxy groups -OCH3 is 2. The number of aliphatic hydroxyl groups excluding tert-OH is 3. The van der Waals surface area contributed by atoms with Gasteiger partial charge in [0.05, 0.1) is 61.5 Å². The minimum Gasteiger partial charge on any atom is -0.495 e. The lowest BCUT2D eigenvalue weighted by molar-refractivity contribution is -0.195. The molecule has 6 N–H and O–H groups in total. The maximum Gasteiger partial charge on any atom is 0.326 e. The Labute approximate surface area is 462 Å². The fourth-order valence-corrected chi connectivity index (χ4v) is 14.4. The molecule has 2 aromatic carbocycles. The number of halogens is 4. The summed E-state index contributed by atoms with van der Waals surface area (Å²) < 4.78 is 51.0. The van der Waals surface area contributed by atoms with Gasteiger partial charge in [-0.15, -0.1) is 17.4 Å². The van der Waals surface area contributed by atoms with E-state index in [1.54, 1.807) is 20.8 Å². The Balaban J connectivity index is 0.000000216. The first-order chi connectivity index (χ1) is 35.1. The first kappa shape index (κ1) is 61.2. The average molecular weight is 1190 g/mol. The number of benzene rings is 2. The molecule has 1 unspecified atom stereocenters. The molecule has 6 saturated carbocycles. The van der Waals surface area contributed by atoms with E-state index >= 15 is 0 Å². The number of nitrogens with two attached hydrogens (primary N) is 1. The van der Waals surface area contributed by atoms with Crippen molar-refractivity contribution in [3.05, 3.63) is 56.0 Å². The van der Waals surface area contributed by atoms with Crippen LogP contribution in [0.3, 0.4) is 0 Å². The molecule has 16 atom stereocenters. The molecule has 9 fully saturated rings. The molecule has 1 amide bonds. The smallest absolute Gasteiger partial charge is 0.326 e. The minimum atomic E-state index is -0.893. The quantitative estimate of drug-likeness (QED) is 0.106. The van der Waals surface area contributed by atoms with Crippen LogP contribution in [-0.2, 0) is 37.1 Å². The fraction of sp³-hybridized carbons (Fsp3) is 0.745. The van der Waals surface area contributed by atoms with Crippen LogP contribution in [0.15, 0.2) is 33.2 Å². The number of nitrogens with one attached hydrogen (secondary N) is 1. The molecule has 0 radical (unpaired) electrons. The van der Waals surface area contributed by atoms with Crippen LogP contribution in [0.4, 0.5) is 8.78 Å². The molecule has 418 valence electrons. The summed E-state index contributed by atoms with van der Waals surface area (Å²) in [5.41, 5.74) is 7.95. The Morgan fingerprint density at radius 3 is 1.74 bits per heavy atom. The summed E-state index contributed by atoms with van der Waals surface area (Å²) in [4.78, 5) is 37.4. The van der Waals surface area contributed by atoms with E-state index in [0.29, 0.717) is 73.1 Å². The topological polar surface area (TPSA) is 186 Å². The van der Waals surface area contributed by atoms with Crippen molar-refractivity contribution in [3.63, 3.8) is 0 Å². The zero-order chi connectivity index (χ0) is 56.2. The molecule has 19 heteroatoms. The van der Waals surface area contributed by atoms with Gasteiger partial charge < -0.3 is 40.6 Å². The molecule has 11 rings (SSSR count). The van der Waals surface area contributed by atoms with Crippen LogP contribution in [0, 0.1) is 69.8 Å². The van der Waals surface area contributed by atoms with E-state index in [1.165, 1.54) is 67.9 Å². The maximum absolute atomic E-state index is 14.2. The third kappa shape index (κ3) is 13.4. The zero-order valence-electron chi connectivity index (χ0n) is 47.2. The minimum absolute atomic E-state index is 0.0480. The van der Waals surface area contributed by atoms with Crippen molar-refractivity contribution in [1.82, 2.24) is 15.4 Å². The Kier molecular flexibility index (Phi) is 21.8. The van der Waals surface area contributed by atoms with Crippen molar-refractivity contribution < 1.29 is 58.9 Å². The van der Waals surface area contributed by atoms with Gasteiger partial charge in [0.15, 0.2) is 0 Å². The SMILES string of the molecule is COc1c(Br)cc(F)cc1CN1O[C@@H](CO)[C@@H]([C@H](C)O)[C@H]1C(=O)NC1C[C@H]2C[C@@H]([C@@H]1C)C2(C)C.COc1c(Br)cc(F)cc1CN1O[C@@H](CO)[C@H]2[C@H](C)OC(=O)[C@H]21.C[C@@H]1[C@@H](N)C[C@H]2C[C@@H]1C2(C)C.[2H]CC.[CH3][Al]([CH3])[CH3]. The third-order valence-electron chi connectivity index (χ3n) is 17.3. The Morgan fingerprint density at radius 2 is 1.32 bits per heavy atom. The monoisotopic (exact) mass is 1190 g/mol. The third-order valence-corrected chi connectivity index (χ3v) is 18.5. The summed E-state index contributed by atoms with van der Waals surface area (Å²) in [7, 11) is 2.97. The van der Waals surface area contributed by atoms with Crippen LogP contribution < -0.4 is 20.5 Å². The predicted molar refractivity (Wildman–Crippen MR) is 291 cm³/mol. The maximum atomic E-state index is 14.2. The van der Waals surface area contributed by atoms with Crippen LogP contribution in [-0.4, -0.2) is 127 Å². The molecule has 6 aliphatic carbocycles. The highest BCUT2D eigenvalue weighted by Crippen LogP contribution is 2.62. The number of aliphatic hydroxyl groups is 3. The number of hydrogen-bond acceptors (Lipinski definition) is 13. The molecular weight excluding hydrogens is 1100 g/mol. The lowest BCUT2D eigenvalue weighted by atomic mass is 9.45. The van der Waals surface area contributed by atoms with Gasteiger partial charge in [0, 0.05) is 30.5 Å². The van der Waals surface area contributed by atoms with Crippen LogP contribution in [0.25, 0.3) is 0 Å². The van der Waals surface area contributed by atoms with Crippen molar-refractivity contribution in [2.75, 3.05) is 27.4 Å². The van der Waals surface area contributed by atoms with Gasteiger partial charge in [0.25, 0.3) is 14.1 Å². The summed E-state index contributed by atoms with van der Waals surface area (Å²) in [5.74, 6) is 9.51. The number of esters is 1. The van der Waals surface area contributed by atoms with Crippen molar-refractivity contribution in [2.24, 2.45) is 63.9 Å². The van der Waals surface area contributed by atoms with Crippen LogP contribution >= 0.6 is 31.9 Å². The number of amides is 1. The van der Waals surface area contributed by atoms with E-state index in [-0.39, 0.29) is 64.4 Å². The number of nitrogens with zero attached hydrogens (tertiary/aromatic N) is 2. The summed E-state index contributed by atoms with van der Waals surface area (Å²) in [5, 5.41) is 36.1. The van der Waals surface area contributed by atoms with E-state index in [0.717, 1.165) is 24.2 Å². The molecule has 3 saturated heterocycles. The van der Waals surface area contributed by atoms with Gasteiger partial charge in [0.2, 0.25) is 5.91 Å². The van der Waals surface area contributed by atoms with Crippen LogP contribution in [0.5, 0.6) is 11.5 Å². The predicted octanol–water partition coefficient (Wildman–Crippen LogP) is 9.31. The highest BCUT2D eigenvalue weighted by atomic mass is 79.9. The largest absolute Gasteiger partial charge is 0.495 e. The summed E-state index contributed by atoms with van der Waals surface area (Å²) in [6, 6.07) is 4.36. The van der Waals surface area contributed by atoms with E-state index in [4.69, 9.17) is 31.0 Å². The molecule has 74 heavy (non-hydrogen) atoms. The zero-order valence-corrected chi connectivity index (χ0v) is 50.5. The van der Waals surface area contributed by atoms with Gasteiger partial charge in [-0.1, -0.05) is 55.4 Å². The molecule has 0 aromatic heterocycles. The van der Waals surface area contributed by atoms with Crippen molar-refractivity contribution in [2.45, 2.75) is 174 Å². The van der Waals surface area contributed by atoms with Gasteiger partial charge in [-0.05, 0) is 142 Å². The Bertz CT molecular complexity index is 2240. The molecule has 4 bridgehead atoms. The van der Waals surface area contributed by atoms with Gasteiger partial charge in [-0.2, -0.15) is 10.1 Å². The molecule has 3 aliphatic heterocycles. The number of rotatable bonds is 11. The van der Waals surface area contributed by atoms with Gasteiger partial charge in [-0.3, -0.25) is 19.3 Å². The van der Waals surface area contributed by atoms with E-state index in [1.807, 2.05) is 0 Å². The highest BCUT2D eigenvalue weighted by Gasteiger charge is 2.59. The second-order valence-corrected chi connectivity index (χ2v) is 28.5. The second-order valence-electron chi connectivity index (χ2n) is 23.3. The van der Waals surface area contributed by atoms with Crippen LogP contribution in [0.2, 0.25) is 17.4 Å². The highest BCUT2D eigenvalue weighted by molar-refractivity contribution is 9.11. The fourth-order valence-electron chi connectivity index (χ4n) is 13.1. The molecule has 14 nitrogen and oxygen atoms in total. The molecule has 9 aliphatic rings. The van der Waals surface area contributed by atoms with Crippen molar-refractivity contribution in [3.8, 4) is 11.5 Å². The first-order valence-electron chi connectivity index (χ1n) is 27.2. The number of carbonyl (C=O) groups is 2. The number of ether oxygens (including phenoxy) is 3. The van der Waals surface area contributed by atoms with E-state index in [9.17, 15) is 33.7 Å². The number of hydroxylamine groups is 4. The Hall–Kier alpha value is -1.99. The second kappa shape index (κ2) is 26.3. The molecule has 3 heterocycles. The normalized spacial score (nSPS) is 34.3.